The zero-order valence-electron chi connectivity index (χ0n) is 13.1. The molecule has 1 atom stereocenters. The Hall–Kier alpha value is -0.900. The van der Waals surface area contributed by atoms with Gasteiger partial charge >= 0.3 is 0 Å². The highest BCUT2D eigenvalue weighted by atomic mass is 15.2. The van der Waals surface area contributed by atoms with Crippen LogP contribution in [0.4, 0.5) is 0 Å². The topological polar surface area (TPSA) is 32.5 Å². The minimum absolute atomic E-state index is 0.803. The molecule has 0 unspecified atom stereocenters. The van der Waals surface area contributed by atoms with E-state index in [1.165, 1.54) is 50.9 Å². The molecule has 1 aromatic carbocycles. The van der Waals surface area contributed by atoms with Gasteiger partial charge in [0.25, 0.3) is 0 Å². The second-order valence-corrected chi connectivity index (χ2v) is 6.74. The molecule has 2 N–H and O–H groups in total. The molecule has 1 saturated carbocycles. The zero-order chi connectivity index (χ0) is 14.5. The van der Waals surface area contributed by atoms with E-state index in [0.29, 0.717) is 0 Å². The molecule has 0 spiro atoms. The lowest BCUT2D eigenvalue weighted by Gasteiger charge is -2.35. The van der Waals surface area contributed by atoms with Gasteiger partial charge in [0.1, 0.15) is 0 Å². The van der Waals surface area contributed by atoms with Crippen molar-refractivity contribution in [2.24, 2.45) is 11.7 Å². The predicted molar refractivity (Wildman–Crippen MR) is 88.1 cm³/mol. The first-order chi connectivity index (χ1) is 10.3. The summed E-state index contributed by atoms with van der Waals surface area (Å²) < 4.78 is 0. The van der Waals surface area contributed by atoms with E-state index in [2.05, 4.69) is 40.1 Å². The van der Waals surface area contributed by atoms with Crippen LogP contribution >= 0.6 is 0 Å². The van der Waals surface area contributed by atoms with Gasteiger partial charge < -0.3 is 5.73 Å². The summed E-state index contributed by atoms with van der Waals surface area (Å²) in [6.45, 7) is 6.76. The summed E-state index contributed by atoms with van der Waals surface area (Å²) in [5, 5.41) is 0. The molecule has 2 fully saturated rings. The minimum Gasteiger partial charge on any atom is -0.329 e. The first-order valence-corrected chi connectivity index (χ1v) is 8.55. The molecule has 116 valence electrons. The quantitative estimate of drug-likeness (QED) is 0.835. The van der Waals surface area contributed by atoms with Gasteiger partial charge in [0, 0.05) is 38.8 Å². The van der Waals surface area contributed by atoms with Gasteiger partial charge in [-0.1, -0.05) is 30.3 Å². The lowest BCUT2D eigenvalue weighted by atomic mass is 9.96. The average molecular weight is 287 g/mol. The van der Waals surface area contributed by atoms with Crippen molar-refractivity contribution in [1.82, 2.24) is 9.80 Å². The molecule has 1 aromatic rings. The number of benzene rings is 1. The molecular formula is C18H29N3. The van der Waals surface area contributed by atoms with E-state index in [1.54, 1.807) is 0 Å². The van der Waals surface area contributed by atoms with Crippen LogP contribution in [0.15, 0.2) is 30.3 Å². The van der Waals surface area contributed by atoms with Crippen molar-refractivity contribution in [1.29, 1.82) is 0 Å². The molecule has 0 aromatic heterocycles. The fourth-order valence-electron chi connectivity index (χ4n) is 3.65. The predicted octanol–water partition coefficient (Wildman–Crippen LogP) is 2.32. The van der Waals surface area contributed by atoms with Crippen LogP contribution in [0.1, 0.15) is 31.2 Å². The number of piperidine rings is 1. The van der Waals surface area contributed by atoms with E-state index in [4.69, 9.17) is 5.73 Å². The molecule has 3 nitrogen and oxygen atoms in total. The van der Waals surface area contributed by atoms with Crippen LogP contribution in [-0.4, -0.2) is 48.6 Å². The maximum absolute atomic E-state index is 5.78. The number of likely N-dealkylation sites (tertiary alicyclic amines) is 1. The molecule has 3 rings (SSSR count). The van der Waals surface area contributed by atoms with Crippen LogP contribution in [0, 0.1) is 5.92 Å². The van der Waals surface area contributed by atoms with Gasteiger partial charge in [0.2, 0.25) is 0 Å². The zero-order valence-corrected chi connectivity index (χ0v) is 13.1. The van der Waals surface area contributed by atoms with Gasteiger partial charge in [0.15, 0.2) is 0 Å². The highest BCUT2D eigenvalue weighted by Crippen LogP contribution is 2.29. The summed E-state index contributed by atoms with van der Waals surface area (Å²) in [5.74, 6) is 0.828. The molecule has 1 aliphatic carbocycles. The van der Waals surface area contributed by atoms with Crippen molar-refractivity contribution in [3.63, 3.8) is 0 Å². The lowest BCUT2D eigenvalue weighted by molar-refractivity contribution is 0.126. The third-order valence-electron chi connectivity index (χ3n) is 4.82. The monoisotopic (exact) mass is 287 g/mol. The Morgan fingerprint density at radius 2 is 1.95 bits per heavy atom. The fraction of sp³-hybridized carbons (Fsp3) is 0.667. The van der Waals surface area contributed by atoms with Crippen molar-refractivity contribution in [2.75, 3.05) is 32.7 Å². The van der Waals surface area contributed by atoms with Gasteiger partial charge in [-0.3, -0.25) is 9.80 Å². The lowest BCUT2D eigenvalue weighted by Crippen LogP contribution is -2.42. The number of nitrogens with zero attached hydrogens (tertiary/aromatic N) is 2. The van der Waals surface area contributed by atoms with E-state index in [1.807, 2.05) is 0 Å². The third-order valence-corrected chi connectivity index (χ3v) is 4.82. The van der Waals surface area contributed by atoms with Crippen molar-refractivity contribution < 1.29 is 0 Å². The first-order valence-electron chi connectivity index (χ1n) is 8.55. The van der Waals surface area contributed by atoms with Gasteiger partial charge in [0.05, 0.1) is 0 Å². The van der Waals surface area contributed by atoms with Crippen LogP contribution in [0.2, 0.25) is 0 Å². The molecule has 0 bridgehead atoms. The second-order valence-electron chi connectivity index (χ2n) is 6.74. The first kappa shape index (κ1) is 15.0. The summed E-state index contributed by atoms with van der Waals surface area (Å²) in [5.41, 5.74) is 7.22. The smallest absolute Gasteiger partial charge is 0.0233 e. The number of nitrogens with two attached hydrogens (primary N) is 1. The maximum atomic E-state index is 5.78. The van der Waals surface area contributed by atoms with Crippen LogP contribution < -0.4 is 5.73 Å². The van der Waals surface area contributed by atoms with Crippen LogP contribution in [0.3, 0.4) is 0 Å². The van der Waals surface area contributed by atoms with Gasteiger partial charge in [-0.05, 0) is 43.7 Å². The molecule has 3 heteroatoms. The van der Waals surface area contributed by atoms with Crippen LogP contribution in [-0.2, 0) is 6.54 Å². The standard InChI is InChI=1S/C18H29N3/c19-10-12-21(18-8-9-18)15-17-7-4-11-20(14-17)13-16-5-2-1-3-6-16/h1-3,5-6,17-18H,4,7-15,19H2/t17-/m0/s1. The van der Waals surface area contributed by atoms with Gasteiger partial charge in [-0.25, -0.2) is 0 Å². The summed E-state index contributed by atoms with van der Waals surface area (Å²) in [4.78, 5) is 5.29. The van der Waals surface area contributed by atoms with E-state index < -0.39 is 0 Å². The van der Waals surface area contributed by atoms with Gasteiger partial charge in [-0.15, -0.1) is 0 Å². The van der Waals surface area contributed by atoms with Crippen LogP contribution in [0.25, 0.3) is 0 Å². The van der Waals surface area contributed by atoms with Crippen molar-refractivity contribution in [3.05, 3.63) is 35.9 Å². The van der Waals surface area contributed by atoms with E-state index in [9.17, 15) is 0 Å². The number of rotatable bonds is 7. The van der Waals surface area contributed by atoms with E-state index >= 15 is 0 Å². The van der Waals surface area contributed by atoms with Crippen LogP contribution in [0.5, 0.6) is 0 Å². The van der Waals surface area contributed by atoms with Gasteiger partial charge in [-0.2, -0.15) is 0 Å². The number of hydrogen-bond donors (Lipinski definition) is 1. The molecule has 2 aliphatic rings. The molecule has 21 heavy (non-hydrogen) atoms. The normalized spacial score (nSPS) is 23.6. The maximum Gasteiger partial charge on any atom is 0.0233 e. The Bertz CT molecular complexity index is 416. The molecular weight excluding hydrogens is 258 g/mol. The molecule has 0 radical (unpaired) electrons. The summed E-state index contributed by atoms with van der Waals surface area (Å²) >= 11 is 0. The second kappa shape index (κ2) is 7.39. The Morgan fingerprint density at radius 3 is 2.67 bits per heavy atom. The summed E-state index contributed by atoms with van der Waals surface area (Å²) in [6.07, 6.45) is 5.51. The molecule has 0 amide bonds. The molecule has 1 heterocycles. The minimum atomic E-state index is 0.803. The summed E-state index contributed by atoms with van der Waals surface area (Å²) in [7, 11) is 0. The Kier molecular flexibility index (Phi) is 5.28. The number of hydrogen-bond acceptors (Lipinski definition) is 3. The average Bonchev–Trinajstić information content (AvgIpc) is 3.33. The fourth-order valence-corrected chi connectivity index (χ4v) is 3.65. The Balaban J connectivity index is 1.50. The molecule has 1 saturated heterocycles. The highest BCUT2D eigenvalue weighted by molar-refractivity contribution is 5.14. The highest BCUT2D eigenvalue weighted by Gasteiger charge is 2.31. The Labute approximate surface area is 129 Å². The van der Waals surface area contributed by atoms with E-state index in [-0.39, 0.29) is 0 Å². The third kappa shape index (κ3) is 4.53. The largest absolute Gasteiger partial charge is 0.329 e. The van der Waals surface area contributed by atoms with E-state index in [0.717, 1.165) is 31.6 Å². The Morgan fingerprint density at radius 1 is 1.14 bits per heavy atom. The van der Waals surface area contributed by atoms with Crippen molar-refractivity contribution in [2.45, 2.75) is 38.3 Å². The summed E-state index contributed by atoms with van der Waals surface area (Å²) in [6, 6.07) is 11.7. The SMILES string of the molecule is NCCN(C[C@H]1CCCN(Cc2ccccc2)C1)C1CC1. The van der Waals surface area contributed by atoms with Crippen molar-refractivity contribution >= 4 is 0 Å². The van der Waals surface area contributed by atoms with Crippen molar-refractivity contribution in [3.8, 4) is 0 Å². The molecule has 1 aliphatic heterocycles.